The lowest BCUT2D eigenvalue weighted by Gasteiger charge is -2.72. The minimum atomic E-state index is -0.872. The van der Waals surface area contributed by atoms with E-state index in [1.165, 1.54) is 68.1 Å². The van der Waals surface area contributed by atoms with Gasteiger partial charge in [-0.25, -0.2) is 4.79 Å². The molecule has 4 fully saturated rings. The molecule has 5 aliphatic carbocycles. The molecule has 1 aromatic rings. The normalized spacial score (nSPS) is 41.6. The molecule has 0 bridgehead atoms. The molecule has 4 unspecified atom stereocenters. The molecule has 246 valence electrons. The number of carboxylic acids is 2. The molecular formula is C40H57NO4. The Morgan fingerprint density at radius 3 is 2.24 bits per heavy atom. The van der Waals surface area contributed by atoms with Crippen LogP contribution in [0, 0.1) is 56.7 Å². The van der Waals surface area contributed by atoms with Crippen molar-refractivity contribution in [1.82, 2.24) is 5.32 Å². The van der Waals surface area contributed by atoms with Gasteiger partial charge in [0, 0.05) is 13.1 Å². The van der Waals surface area contributed by atoms with Crippen LogP contribution in [0.1, 0.15) is 122 Å². The Bertz CT molecular complexity index is 1390. The van der Waals surface area contributed by atoms with Gasteiger partial charge in [0.15, 0.2) is 0 Å². The minimum absolute atomic E-state index is 0.0106. The summed E-state index contributed by atoms with van der Waals surface area (Å²) < 4.78 is 0. The van der Waals surface area contributed by atoms with Crippen LogP contribution in [-0.2, 0) is 4.79 Å². The van der Waals surface area contributed by atoms with Gasteiger partial charge in [-0.05, 0) is 145 Å². The average Bonchev–Trinajstić information content (AvgIpc) is 3.36. The highest BCUT2D eigenvalue weighted by Crippen LogP contribution is 2.77. The first kappa shape index (κ1) is 32.5. The quantitative estimate of drug-likeness (QED) is 0.201. The predicted molar refractivity (Wildman–Crippen MR) is 181 cm³/mol. The van der Waals surface area contributed by atoms with Crippen LogP contribution >= 0.6 is 0 Å². The lowest BCUT2D eigenvalue weighted by atomic mass is 9.32. The summed E-state index contributed by atoms with van der Waals surface area (Å²) in [6.07, 6.45) is 13.8. The highest BCUT2D eigenvalue weighted by molar-refractivity contribution is 5.88. The summed E-state index contributed by atoms with van der Waals surface area (Å²) in [5.41, 5.74) is 5.29. The summed E-state index contributed by atoms with van der Waals surface area (Å²) in [7, 11) is 0. The van der Waals surface area contributed by atoms with Crippen molar-refractivity contribution < 1.29 is 19.8 Å². The van der Waals surface area contributed by atoms with Crippen LogP contribution < -0.4 is 5.32 Å². The molecule has 0 heterocycles. The van der Waals surface area contributed by atoms with Gasteiger partial charge in [0.25, 0.3) is 0 Å². The van der Waals surface area contributed by atoms with Gasteiger partial charge in [-0.1, -0.05) is 65.0 Å². The van der Waals surface area contributed by atoms with Crippen LogP contribution in [0.4, 0.5) is 0 Å². The number of hydrogen-bond acceptors (Lipinski definition) is 3. The van der Waals surface area contributed by atoms with Crippen LogP contribution in [0.2, 0.25) is 0 Å². The van der Waals surface area contributed by atoms with Crippen molar-refractivity contribution in [1.29, 1.82) is 0 Å². The Morgan fingerprint density at radius 2 is 1.60 bits per heavy atom. The third kappa shape index (κ3) is 4.80. The number of rotatable bonds is 8. The number of benzene rings is 1. The lowest BCUT2D eigenvalue weighted by molar-refractivity contribution is -0.225. The first-order chi connectivity index (χ1) is 21.1. The SMILES string of the molecule is C=C(C)[C@@H]1CC[C@]2(CNCCC(=O)O)CC[C@]3(C)C(CCC4[C@@]5(C)CC=C(c6ccc(C(=O)O)cc6)C(C)(C)C5CC[C@]43C)C12. The summed E-state index contributed by atoms with van der Waals surface area (Å²) >= 11 is 0. The average molecular weight is 616 g/mol. The molecule has 6 rings (SSSR count). The van der Waals surface area contributed by atoms with E-state index in [0.717, 1.165) is 13.0 Å². The molecule has 0 aliphatic heterocycles. The standard InChI is InChI=1S/C40H57NO4/c1-25(2)28-14-20-40(24-41-23-17-33(42)43)22-21-38(6)30(34(28)40)12-13-32-37(5)18-15-29(26-8-10-27(11-9-26)35(44)45)36(3,4)31(37)16-19-39(32,38)7/h8-11,15,28,30-32,34,41H,1,12-14,16-24H2,2-7H3,(H,42,43)(H,44,45)/t28-,30?,31?,32?,34?,37-,38+,39+,40+/m0/s1. The van der Waals surface area contributed by atoms with Crippen molar-refractivity contribution >= 4 is 17.5 Å². The number of hydrogen-bond donors (Lipinski definition) is 3. The molecule has 3 N–H and O–H groups in total. The molecule has 45 heavy (non-hydrogen) atoms. The van der Waals surface area contributed by atoms with Gasteiger partial charge in [0.05, 0.1) is 12.0 Å². The second-order valence-electron chi connectivity index (χ2n) is 17.3. The van der Waals surface area contributed by atoms with Crippen LogP contribution in [0.15, 0.2) is 42.5 Å². The van der Waals surface area contributed by atoms with Gasteiger partial charge in [-0.15, -0.1) is 0 Å². The van der Waals surface area contributed by atoms with Crippen LogP contribution in [0.25, 0.3) is 5.57 Å². The highest BCUT2D eigenvalue weighted by atomic mass is 16.4. The van der Waals surface area contributed by atoms with Crippen molar-refractivity contribution in [3.8, 4) is 0 Å². The molecule has 5 heteroatoms. The fourth-order valence-corrected chi connectivity index (χ4v) is 13.0. The molecule has 0 aromatic heterocycles. The van der Waals surface area contributed by atoms with E-state index in [1.807, 2.05) is 12.1 Å². The number of fused-ring (bicyclic) bond motifs is 7. The molecule has 1 aromatic carbocycles. The number of allylic oxidation sites excluding steroid dienone is 3. The zero-order chi connectivity index (χ0) is 32.6. The van der Waals surface area contributed by atoms with Crippen molar-refractivity contribution in [2.24, 2.45) is 56.7 Å². The Kier molecular flexibility index (Phi) is 8.03. The van der Waals surface area contributed by atoms with Crippen molar-refractivity contribution in [3.63, 3.8) is 0 Å². The van der Waals surface area contributed by atoms with E-state index < -0.39 is 11.9 Å². The first-order valence-electron chi connectivity index (χ1n) is 17.7. The van der Waals surface area contributed by atoms with Gasteiger partial charge in [-0.2, -0.15) is 0 Å². The zero-order valence-electron chi connectivity index (χ0n) is 28.7. The summed E-state index contributed by atoms with van der Waals surface area (Å²) in [5.74, 6) is 1.52. The molecule has 5 nitrogen and oxygen atoms in total. The van der Waals surface area contributed by atoms with Crippen molar-refractivity contribution in [3.05, 3.63) is 53.6 Å². The number of carbonyl (C=O) groups is 2. The molecule has 9 atom stereocenters. The Morgan fingerprint density at radius 1 is 0.889 bits per heavy atom. The Hall–Kier alpha value is -2.40. The van der Waals surface area contributed by atoms with Crippen molar-refractivity contribution in [2.45, 2.75) is 106 Å². The predicted octanol–water partition coefficient (Wildman–Crippen LogP) is 9.10. The second kappa shape index (κ2) is 11.1. The molecule has 0 spiro atoms. The smallest absolute Gasteiger partial charge is 0.335 e. The van der Waals surface area contributed by atoms with E-state index >= 15 is 0 Å². The minimum Gasteiger partial charge on any atom is -0.481 e. The van der Waals surface area contributed by atoms with Gasteiger partial charge in [0.1, 0.15) is 0 Å². The highest BCUT2D eigenvalue weighted by Gasteiger charge is 2.70. The Labute approximate surface area is 271 Å². The van der Waals surface area contributed by atoms with Gasteiger partial charge < -0.3 is 15.5 Å². The summed E-state index contributed by atoms with van der Waals surface area (Å²) in [6, 6.07) is 7.55. The maximum atomic E-state index is 11.5. The van der Waals surface area contributed by atoms with Crippen LogP contribution in [0.3, 0.4) is 0 Å². The summed E-state index contributed by atoms with van der Waals surface area (Å²) in [5, 5.41) is 22.3. The molecule has 0 amide bonds. The first-order valence-corrected chi connectivity index (χ1v) is 17.7. The summed E-state index contributed by atoms with van der Waals surface area (Å²) in [6.45, 7) is 21.2. The molecular weight excluding hydrogens is 558 g/mol. The number of nitrogens with one attached hydrogen (secondary N) is 1. The molecule has 5 aliphatic rings. The number of aromatic carboxylic acids is 1. The van der Waals surface area contributed by atoms with Gasteiger partial charge in [0.2, 0.25) is 0 Å². The van der Waals surface area contributed by atoms with E-state index in [2.05, 4.69) is 59.5 Å². The number of carboxylic acid groups (broad SMARTS) is 2. The third-order valence-electron chi connectivity index (χ3n) is 15.3. The van der Waals surface area contributed by atoms with E-state index in [0.29, 0.717) is 41.7 Å². The Balaban J connectivity index is 1.31. The van der Waals surface area contributed by atoms with Gasteiger partial charge in [-0.3, -0.25) is 4.79 Å². The molecule has 0 saturated heterocycles. The maximum absolute atomic E-state index is 11.5. The van der Waals surface area contributed by atoms with E-state index in [1.54, 1.807) is 12.1 Å². The van der Waals surface area contributed by atoms with E-state index in [9.17, 15) is 19.8 Å². The van der Waals surface area contributed by atoms with Crippen LogP contribution in [-0.4, -0.2) is 35.2 Å². The maximum Gasteiger partial charge on any atom is 0.335 e. The van der Waals surface area contributed by atoms with E-state index in [-0.39, 0.29) is 33.5 Å². The fourth-order valence-electron chi connectivity index (χ4n) is 13.0. The number of aliphatic carboxylic acids is 1. The van der Waals surface area contributed by atoms with E-state index in [4.69, 9.17) is 0 Å². The zero-order valence-corrected chi connectivity index (χ0v) is 28.7. The van der Waals surface area contributed by atoms with Gasteiger partial charge >= 0.3 is 11.9 Å². The van der Waals surface area contributed by atoms with Crippen molar-refractivity contribution in [2.75, 3.05) is 13.1 Å². The molecule has 0 radical (unpaired) electrons. The fraction of sp³-hybridized carbons (Fsp3) is 0.700. The summed E-state index contributed by atoms with van der Waals surface area (Å²) in [4.78, 5) is 22.7. The largest absolute Gasteiger partial charge is 0.481 e. The third-order valence-corrected chi connectivity index (χ3v) is 15.3. The molecule has 4 saturated carbocycles. The topological polar surface area (TPSA) is 86.6 Å². The lowest BCUT2D eigenvalue weighted by Crippen LogP contribution is -2.65. The van der Waals surface area contributed by atoms with Crippen LogP contribution in [0.5, 0.6) is 0 Å². The second-order valence-corrected chi connectivity index (χ2v) is 17.3. The monoisotopic (exact) mass is 615 g/mol.